The topological polar surface area (TPSA) is 76.4 Å². The Morgan fingerprint density at radius 1 is 1.25 bits per heavy atom. The van der Waals surface area contributed by atoms with Crippen molar-refractivity contribution in [1.29, 1.82) is 5.26 Å². The molecule has 0 atom stereocenters. The van der Waals surface area contributed by atoms with Crippen molar-refractivity contribution >= 4 is 5.91 Å². The molecule has 5 heteroatoms. The molecule has 0 rings (SSSR count). The summed E-state index contributed by atoms with van der Waals surface area (Å²) in [6, 6.07) is 1.85. The first-order chi connectivity index (χ1) is 11.5. The first-order valence-electron chi connectivity index (χ1n) is 8.17. The van der Waals surface area contributed by atoms with E-state index in [1.807, 2.05) is 59.7 Å². The smallest absolute Gasteiger partial charge is 0.262 e. The van der Waals surface area contributed by atoms with E-state index in [1.165, 1.54) is 6.08 Å². The van der Waals surface area contributed by atoms with Gasteiger partial charge in [-0.2, -0.15) is 5.26 Å². The van der Waals surface area contributed by atoms with Crippen LogP contribution in [-0.4, -0.2) is 43.2 Å². The molecule has 1 amide bonds. The van der Waals surface area contributed by atoms with E-state index in [-0.39, 0.29) is 18.7 Å². The minimum Gasteiger partial charge on any atom is -0.395 e. The maximum atomic E-state index is 11.6. The highest BCUT2D eigenvalue weighted by molar-refractivity contribution is 5.97. The second kappa shape index (κ2) is 18.7. The van der Waals surface area contributed by atoms with Crippen molar-refractivity contribution in [3.8, 4) is 6.07 Å². The molecule has 0 heterocycles. The van der Waals surface area contributed by atoms with Crippen LogP contribution in [0.3, 0.4) is 0 Å². The Hall–Kier alpha value is -2.32. The van der Waals surface area contributed by atoms with Gasteiger partial charge in [0.05, 0.1) is 6.61 Å². The number of hydrogen-bond acceptors (Lipinski definition) is 4. The van der Waals surface area contributed by atoms with Gasteiger partial charge < -0.3 is 15.3 Å². The van der Waals surface area contributed by atoms with Crippen LogP contribution < -0.4 is 5.32 Å². The lowest BCUT2D eigenvalue weighted by atomic mass is 10.1. The number of hydrogen-bond donors (Lipinski definition) is 2. The van der Waals surface area contributed by atoms with Gasteiger partial charge in [-0.25, -0.2) is 0 Å². The first-order valence-corrected chi connectivity index (χ1v) is 8.17. The minimum atomic E-state index is -0.499. The van der Waals surface area contributed by atoms with Gasteiger partial charge in [0.25, 0.3) is 5.91 Å². The summed E-state index contributed by atoms with van der Waals surface area (Å²) in [6.45, 7) is 13.6. The summed E-state index contributed by atoms with van der Waals surface area (Å²) in [5.74, 6) is -0.499. The van der Waals surface area contributed by atoms with Gasteiger partial charge in [-0.15, -0.1) is 0 Å². The van der Waals surface area contributed by atoms with E-state index in [1.54, 1.807) is 18.2 Å². The van der Waals surface area contributed by atoms with Crippen molar-refractivity contribution in [3.63, 3.8) is 0 Å². The van der Waals surface area contributed by atoms with Gasteiger partial charge in [0.15, 0.2) is 0 Å². The fraction of sp³-hybridized carbons (Fsp3) is 0.474. The second-order valence-electron chi connectivity index (χ2n) is 4.16. The lowest BCUT2D eigenvalue weighted by Crippen LogP contribution is -2.27. The molecule has 0 aliphatic rings. The van der Waals surface area contributed by atoms with E-state index in [4.69, 9.17) is 10.4 Å². The second-order valence-corrected chi connectivity index (χ2v) is 4.16. The van der Waals surface area contributed by atoms with Crippen molar-refractivity contribution in [1.82, 2.24) is 10.2 Å². The molecule has 0 unspecified atom stereocenters. The summed E-state index contributed by atoms with van der Waals surface area (Å²) in [6.07, 6.45) is 6.85. The normalized spacial score (nSPS) is 10.6. The Balaban J connectivity index is -0.00000102. The van der Waals surface area contributed by atoms with Gasteiger partial charge in [-0.1, -0.05) is 46.4 Å². The Morgan fingerprint density at radius 2 is 1.79 bits per heavy atom. The van der Waals surface area contributed by atoms with Crippen LogP contribution in [0.1, 0.15) is 34.6 Å². The molecule has 5 nitrogen and oxygen atoms in total. The Kier molecular flexibility index (Phi) is 20.7. The fourth-order valence-corrected chi connectivity index (χ4v) is 1.15. The van der Waals surface area contributed by atoms with Crippen LogP contribution in [0.2, 0.25) is 0 Å². The predicted octanol–water partition coefficient (Wildman–Crippen LogP) is 3.18. The van der Waals surface area contributed by atoms with Crippen molar-refractivity contribution in [2.75, 3.05) is 27.2 Å². The van der Waals surface area contributed by atoms with Crippen LogP contribution in [-0.2, 0) is 4.79 Å². The number of carbonyl (C=O) groups excluding carboxylic acids is 1. The van der Waals surface area contributed by atoms with Gasteiger partial charge in [0, 0.05) is 26.3 Å². The summed E-state index contributed by atoms with van der Waals surface area (Å²) in [5, 5.41) is 20.1. The quantitative estimate of drug-likeness (QED) is 0.426. The van der Waals surface area contributed by atoms with Crippen LogP contribution in [0.25, 0.3) is 0 Å². The third kappa shape index (κ3) is 13.4. The van der Waals surface area contributed by atoms with E-state index in [0.717, 1.165) is 11.3 Å². The molecule has 0 fully saturated rings. The molecular weight excluding hydrogens is 302 g/mol. The summed E-state index contributed by atoms with van der Waals surface area (Å²) in [5.41, 5.74) is 1.52. The average Bonchev–Trinajstić information content (AvgIpc) is 2.62. The van der Waals surface area contributed by atoms with Gasteiger partial charge in [0.2, 0.25) is 0 Å². The SMILES string of the molecule is C=C(\C=C/C(=C\C)/C=C(\C#N)C(=O)NCCO)N(C)C.CC.CC. The Labute approximate surface area is 147 Å². The first kappa shape index (κ1) is 26.6. The van der Waals surface area contributed by atoms with Gasteiger partial charge in [0.1, 0.15) is 11.6 Å². The summed E-state index contributed by atoms with van der Waals surface area (Å²) < 4.78 is 0. The zero-order valence-corrected chi connectivity index (χ0v) is 16.2. The van der Waals surface area contributed by atoms with Gasteiger partial charge in [-0.05, 0) is 24.6 Å². The lowest BCUT2D eigenvalue weighted by molar-refractivity contribution is -0.117. The highest BCUT2D eigenvalue weighted by atomic mass is 16.3. The van der Waals surface area contributed by atoms with Crippen molar-refractivity contribution in [2.24, 2.45) is 0 Å². The van der Waals surface area contributed by atoms with E-state index in [9.17, 15) is 4.79 Å². The summed E-state index contributed by atoms with van der Waals surface area (Å²) >= 11 is 0. The molecule has 2 N–H and O–H groups in total. The maximum absolute atomic E-state index is 11.6. The van der Waals surface area contributed by atoms with Crippen LogP contribution >= 0.6 is 0 Å². The molecule has 0 bridgehead atoms. The van der Waals surface area contributed by atoms with Crippen LogP contribution in [0, 0.1) is 11.3 Å². The number of rotatable bonds is 7. The molecule has 0 aromatic carbocycles. The Bertz CT molecular complexity index is 481. The zero-order chi connectivity index (χ0) is 19.5. The monoisotopic (exact) mass is 335 g/mol. The number of carbonyl (C=O) groups is 1. The number of aliphatic hydroxyl groups is 1. The molecule has 0 aliphatic carbocycles. The van der Waals surface area contributed by atoms with Crippen molar-refractivity contribution in [2.45, 2.75) is 34.6 Å². The average molecular weight is 335 g/mol. The molecule has 136 valence electrons. The maximum Gasteiger partial charge on any atom is 0.262 e. The largest absolute Gasteiger partial charge is 0.395 e. The number of nitriles is 1. The van der Waals surface area contributed by atoms with E-state index in [2.05, 4.69) is 11.9 Å². The number of likely N-dealkylation sites (N-methyl/N-ethyl adjacent to an activating group) is 1. The summed E-state index contributed by atoms with van der Waals surface area (Å²) in [4.78, 5) is 13.5. The van der Waals surface area contributed by atoms with Gasteiger partial charge >= 0.3 is 0 Å². The predicted molar refractivity (Wildman–Crippen MR) is 102 cm³/mol. The molecule has 0 radical (unpaired) electrons. The third-order valence-corrected chi connectivity index (χ3v) is 2.45. The van der Waals surface area contributed by atoms with E-state index < -0.39 is 5.91 Å². The van der Waals surface area contributed by atoms with Crippen LogP contribution in [0.4, 0.5) is 0 Å². The van der Waals surface area contributed by atoms with Crippen molar-refractivity contribution < 1.29 is 9.90 Å². The molecule has 0 spiro atoms. The molecule has 0 saturated heterocycles. The Morgan fingerprint density at radius 3 is 2.17 bits per heavy atom. The molecule has 24 heavy (non-hydrogen) atoms. The fourth-order valence-electron chi connectivity index (χ4n) is 1.15. The minimum absolute atomic E-state index is 0.00772. The van der Waals surface area contributed by atoms with E-state index in [0.29, 0.717) is 0 Å². The lowest BCUT2D eigenvalue weighted by Gasteiger charge is -2.11. The number of aliphatic hydroxyl groups excluding tert-OH is 1. The zero-order valence-electron chi connectivity index (χ0n) is 16.2. The van der Waals surface area contributed by atoms with Crippen LogP contribution in [0.15, 0.2) is 47.7 Å². The van der Waals surface area contributed by atoms with Crippen LogP contribution in [0.5, 0.6) is 0 Å². The number of nitrogens with one attached hydrogen (secondary N) is 1. The number of allylic oxidation sites excluding steroid dienone is 5. The number of nitrogens with zero attached hydrogens (tertiary/aromatic N) is 2. The summed E-state index contributed by atoms with van der Waals surface area (Å²) in [7, 11) is 3.75. The molecular formula is C19H33N3O2. The van der Waals surface area contributed by atoms with E-state index >= 15 is 0 Å². The standard InChI is InChI=1S/C15H21N3O2.2C2H6/c1-5-13(7-6-12(2)18(3)4)10-14(11-16)15(20)17-8-9-19;2*1-2/h5-7,10,19H,2,8-9H2,1,3-4H3,(H,17,20);2*1-2H3/b7-6-,13-5+,14-10+;;. The molecule has 0 aromatic rings. The highest BCUT2D eigenvalue weighted by Gasteiger charge is 2.07. The number of amides is 1. The molecule has 0 aliphatic heterocycles. The van der Waals surface area contributed by atoms with Crippen molar-refractivity contribution in [3.05, 3.63) is 47.7 Å². The third-order valence-electron chi connectivity index (χ3n) is 2.45. The van der Waals surface area contributed by atoms with Gasteiger partial charge in [-0.3, -0.25) is 4.79 Å². The molecule has 0 saturated carbocycles. The molecule has 0 aromatic heterocycles. The highest BCUT2D eigenvalue weighted by Crippen LogP contribution is 2.07.